The molecule has 3 aliphatic rings. The third kappa shape index (κ3) is 2.22. The summed E-state index contributed by atoms with van der Waals surface area (Å²) in [6, 6.07) is 14.4. The number of carbonyl (C=O) groups excluding carboxylic acids is 2. The summed E-state index contributed by atoms with van der Waals surface area (Å²) in [7, 11) is 0. The molecule has 0 bridgehead atoms. The Kier molecular flexibility index (Phi) is 4.09. The molecule has 1 atom stereocenters. The van der Waals surface area contributed by atoms with E-state index in [1.54, 1.807) is 34.1 Å². The zero-order valence-corrected chi connectivity index (χ0v) is 18.0. The molecule has 1 saturated carbocycles. The highest BCUT2D eigenvalue weighted by Crippen LogP contribution is 2.54. The van der Waals surface area contributed by atoms with Gasteiger partial charge in [0, 0.05) is 18.2 Å². The van der Waals surface area contributed by atoms with Crippen molar-refractivity contribution in [2.45, 2.75) is 50.6 Å². The highest BCUT2D eigenvalue weighted by Gasteiger charge is 2.66. The first-order chi connectivity index (χ1) is 15.6. The van der Waals surface area contributed by atoms with E-state index < -0.39 is 5.54 Å². The Morgan fingerprint density at radius 1 is 0.969 bits per heavy atom. The molecule has 0 radical (unpaired) electrons. The van der Waals surface area contributed by atoms with Crippen molar-refractivity contribution in [3.63, 3.8) is 0 Å². The monoisotopic (exact) mass is 428 g/mol. The van der Waals surface area contributed by atoms with Gasteiger partial charge in [-0.15, -0.1) is 0 Å². The maximum atomic E-state index is 14.2. The largest absolute Gasteiger partial charge is 0.450 e. The molecule has 6 nitrogen and oxygen atoms in total. The number of hydrogen-bond donors (Lipinski definition) is 0. The van der Waals surface area contributed by atoms with Crippen LogP contribution in [0.5, 0.6) is 0 Å². The normalized spacial score (nSPS) is 22.8. The molecule has 2 amide bonds. The summed E-state index contributed by atoms with van der Waals surface area (Å²) >= 11 is 0. The molecule has 32 heavy (non-hydrogen) atoms. The van der Waals surface area contributed by atoms with E-state index in [9.17, 15) is 14.4 Å². The minimum absolute atomic E-state index is 0.0142. The SMILES string of the molecule is CCN1C(=O)C2(c3ccccc31)c1c(oc3ccccc3c1=O)C(=O)N2C1CCCCC1. The van der Waals surface area contributed by atoms with Crippen molar-refractivity contribution >= 4 is 28.5 Å². The fourth-order valence-corrected chi connectivity index (χ4v) is 6.01. The first-order valence-electron chi connectivity index (χ1n) is 11.4. The topological polar surface area (TPSA) is 70.8 Å². The van der Waals surface area contributed by atoms with E-state index >= 15 is 0 Å². The van der Waals surface area contributed by atoms with Gasteiger partial charge in [-0.3, -0.25) is 14.4 Å². The maximum Gasteiger partial charge on any atom is 0.291 e. The van der Waals surface area contributed by atoms with Crippen LogP contribution in [0.1, 0.15) is 60.7 Å². The fourth-order valence-electron chi connectivity index (χ4n) is 6.01. The second kappa shape index (κ2) is 6.79. The molecular weight excluding hydrogens is 404 g/mol. The van der Waals surface area contributed by atoms with Crippen LogP contribution in [0, 0.1) is 0 Å². The van der Waals surface area contributed by atoms with Crippen molar-refractivity contribution in [3.8, 4) is 0 Å². The molecule has 6 heteroatoms. The van der Waals surface area contributed by atoms with Crippen LogP contribution in [0.3, 0.4) is 0 Å². The lowest BCUT2D eigenvalue weighted by Crippen LogP contribution is -2.57. The summed E-state index contributed by atoms with van der Waals surface area (Å²) in [5.74, 6) is -0.572. The number of benzene rings is 2. The van der Waals surface area contributed by atoms with E-state index in [1.165, 1.54) is 0 Å². The molecule has 1 unspecified atom stereocenters. The molecule has 0 saturated heterocycles. The summed E-state index contributed by atoms with van der Waals surface area (Å²) in [6.45, 7) is 2.37. The molecule has 1 spiro atoms. The zero-order valence-electron chi connectivity index (χ0n) is 18.0. The van der Waals surface area contributed by atoms with Gasteiger partial charge in [0.15, 0.2) is 11.0 Å². The second-order valence-corrected chi connectivity index (χ2v) is 8.88. The van der Waals surface area contributed by atoms with Gasteiger partial charge in [0.1, 0.15) is 5.58 Å². The van der Waals surface area contributed by atoms with Crippen molar-refractivity contribution < 1.29 is 14.0 Å². The molecule has 1 aromatic heterocycles. The highest BCUT2D eigenvalue weighted by molar-refractivity contribution is 6.17. The van der Waals surface area contributed by atoms with Crippen LogP contribution < -0.4 is 10.3 Å². The number of para-hydroxylation sites is 2. The number of anilines is 1. The fraction of sp³-hybridized carbons (Fsp3) is 0.346. The van der Waals surface area contributed by atoms with Gasteiger partial charge in [0.2, 0.25) is 5.76 Å². The first-order valence-corrected chi connectivity index (χ1v) is 11.4. The number of carbonyl (C=O) groups is 2. The van der Waals surface area contributed by atoms with Gasteiger partial charge in [0.25, 0.3) is 11.8 Å². The minimum atomic E-state index is -1.47. The van der Waals surface area contributed by atoms with Crippen molar-refractivity contribution in [1.82, 2.24) is 4.90 Å². The van der Waals surface area contributed by atoms with Gasteiger partial charge in [-0.1, -0.05) is 49.6 Å². The Labute approximate surface area is 185 Å². The number of fused-ring (bicyclic) bond motifs is 5. The van der Waals surface area contributed by atoms with Crippen LogP contribution in [0.25, 0.3) is 11.0 Å². The number of hydrogen-bond acceptors (Lipinski definition) is 4. The summed E-state index contributed by atoms with van der Waals surface area (Å²) < 4.78 is 6.08. The lowest BCUT2D eigenvalue weighted by atomic mass is 9.81. The number of likely N-dealkylation sites (N-methyl/N-ethyl adjacent to an activating group) is 1. The third-order valence-corrected chi connectivity index (χ3v) is 7.33. The zero-order chi connectivity index (χ0) is 22.0. The molecule has 1 aliphatic carbocycles. The summed E-state index contributed by atoms with van der Waals surface area (Å²) in [5.41, 5.74) is 0.248. The summed E-state index contributed by atoms with van der Waals surface area (Å²) in [5, 5.41) is 0.393. The number of amides is 2. The van der Waals surface area contributed by atoms with E-state index in [1.807, 2.05) is 31.2 Å². The van der Waals surface area contributed by atoms with Crippen LogP contribution in [-0.4, -0.2) is 29.3 Å². The van der Waals surface area contributed by atoms with Crippen molar-refractivity contribution in [1.29, 1.82) is 0 Å². The Bertz CT molecular complexity index is 1340. The second-order valence-electron chi connectivity index (χ2n) is 8.88. The molecule has 162 valence electrons. The predicted molar refractivity (Wildman–Crippen MR) is 121 cm³/mol. The van der Waals surface area contributed by atoms with Gasteiger partial charge < -0.3 is 14.2 Å². The van der Waals surface area contributed by atoms with Gasteiger partial charge >= 0.3 is 0 Å². The Morgan fingerprint density at radius 3 is 2.47 bits per heavy atom. The molecular formula is C26H24N2O4. The number of rotatable bonds is 2. The summed E-state index contributed by atoms with van der Waals surface area (Å²) in [6.07, 6.45) is 4.74. The first kappa shape index (κ1) is 19.3. The van der Waals surface area contributed by atoms with E-state index in [0.29, 0.717) is 23.1 Å². The predicted octanol–water partition coefficient (Wildman–Crippen LogP) is 4.19. The van der Waals surface area contributed by atoms with Crippen LogP contribution in [-0.2, 0) is 10.3 Å². The van der Waals surface area contributed by atoms with E-state index in [2.05, 4.69) is 0 Å². The molecule has 2 aliphatic heterocycles. The molecule has 0 N–H and O–H groups in total. The van der Waals surface area contributed by atoms with Gasteiger partial charge in [0.05, 0.1) is 16.6 Å². The smallest absolute Gasteiger partial charge is 0.291 e. The average Bonchev–Trinajstić information content (AvgIpc) is 3.23. The molecule has 6 rings (SSSR count). The lowest BCUT2D eigenvalue weighted by Gasteiger charge is -2.41. The van der Waals surface area contributed by atoms with Crippen LogP contribution in [0.4, 0.5) is 5.69 Å². The Balaban J connectivity index is 1.74. The van der Waals surface area contributed by atoms with Crippen LogP contribution >= 0.6 is 0 Å². The van der Waals surface area contributed by atoms with Gasteiger partial charge in [-0.2, -0.15) is 0 Å². The lowest BCUT2D eigenvalue weighted by molar-refractivity contribution is -0.127. The van der Waals surface area contributed by atoms with Gasteiger partial charge in [-0.25, -0.2) is 0 Å². The molecule has 3 aromatic rings. The van der Waals surface area contributed by atoms with E-state index in [0.717, 1.165) is 37.8 Å². The van der Waals surface area contributed by atoms with Gasteiger partial charge in [-0.05, 0) is 38.0 Å². The standard InChI is InChI=1S/C26H24N2O4/c1-2-27-19-14-8-7-13-18(19)26(25(27)31)21-22(29)17-12-6-9-15-20(17)32-23(21)24(30)28(26)16-10-4-3-5-11-16/h6-9,12-16H,2-5,10-11H2,1H3. The highest BCUT2D eigenvalue weighted by atomic mass is 16.3. The van der Waals surface area contributed by atoms with Crippen molar-refractivity contribution in [3.05, 3.63) is 75.6 Å². The third-order valence-electron chi connectivity index (χ3n) is 7.33. The molecule has 3 heterocycles. The Morgan fingerprint density at radius 2 is 1.69 bits per heavy atom. The quantitative estimate of drug-likeness (QED) is 0.614. The molecule has 2 aromatic carbocycles. The van der Waals surface area contributed by atoms with E-state index in [4.69, 9.17) is 4.42 Å². The maximum absolute atomic E-state index is 14.2. The minimum Gasteiger partial charge on any atom is -0.450 e. The van der Waals surface area contributed by atoms with Crippen molar-refractivity contribution in [2.24, 2.45) is 0 Å². The summed E-state index contributed by atoms with van der Waals surface area (Å²) in [4.78, 5) is 45.4. The number of nitrogens with zero attached hydrogens (tertiary/aromatic N) is 2. The average molecular weight is 428 g/mol. The Hall–Kier alpha value is -3.41. The van der Waals surface area contributed by atoms with Crippen molar-refractivity contribution in [2.75, 3.05) is 11.4 Å². The van der Waals surface area contributed by atoms with Crippen LogP contribution in [0.2, 0.25) is 0 Å². The van der Waals surface area contributed by atoms with E-state index in [-0.39, 0.29) is 34.6 Å². The van der Waals surface area contributed by atoms with Crippen LogP contribution in [0.15, 0.2) is 57.7 Å². The molecule has 1 fully saturated rings.